The molecule has 1 aromatic carbocycles. The second-order valence-corrected chi connectivity index (χ2v) is 7.53. The molecule has 0 aromatic heterocycles. The molecule has 0 spiro atoms. The summed E-state index contributed by atoms with van der Waals surface area (Å²) in [6.07, 6.45) is 1.96. The number of amides is 1. The fourth-order valence-electron chi connectivity index (χ4n) is 4.33. The number of aryl methyl sites for hydroxylation is 1. The van der Waals surface area contributed by atoms with Crippen molar-refractivity contribution in [2.75, 3.05) is 5.32 Å². The zero-order valence-corrected chi connectivity index (χ0v) is 14.2. The molecule has 0 saturated heterocycles. The van der Waals surface area contributed by atoms with Gasteiger partial charge in [0.2, 0.25) is 17.5 Å². The van der Waals surface area contributed by atoms with E-state index in [-0.39, 0.29) is 11.7 Å². The molecule has 4 heteroatoms. The molecule has 0 aliphatic heterocycles. The maximum atomic E-state index is 13.0. The lowest BCUT2D eigenvalue weighted by Gasteiger charge is -2.37. The van der Waals surface area contributed by atoms with Gasteiger partial charge in [-0.25, -0.2) is 0 Å². The number of benzene rings is 1. The van der Waals surface area contributed by atoms with Gasteiger partial charge >= 0.3 is 0 Å². The molecule has 1 amide bonds. The standard InChI is InChI=1S/C19H23NO3/c1-5-12-6-8-13(9-7-12)20-16(23)19-11-10-18(4,17(19,2)3)14(21)15(19)22/h6-9H,5,10-11H2,1-4H3,(H,20,23)/t18-,19+/m0/s1. The van der Waals surface area contributed by atoms with E-state index in [1.807, 2.05) is 45.0 Å². The van der Waals surface area contributed by atoms with Crippen LogP contribution in [0.5, 0.6) is 0 Å². The van der Waals surface area contributed by atoms with Gasteiger partial charge in [-0.1, -0.05) is 39.8 Å². The number of hydrogen-bond acceptors (Lipinski definition) is 3. The number of carbonyl (C=O) groups excluding carboxylic acids is 3. The summed E-state index contributed by atoms with van der Waals surface area (Å²) in [5.74, 6) is -1.24. The van der Waals surface area contributed by atoms with Crippen molar-refractivity contribution in [1.29, 1.82) is 0 Å². The molecule has 0 heterocycles. The first-order chi connectivity index (χ1) is 10.7. The van der Waals surface area contributed by atoms with Gasteiger partial charge in [-0.15, -0.1) is 0 Å². The van der Waals surface area contributed by atoms with E-state index in [0.717, 1.165) is 6.42 Å². The molecule has 0 radical (unpaired) electrons. The first kappa shape index (κ1) is 15.9. The summed E-state index contributed by atoms with van der Waals surface area (Å²) in [6.45, 7) is 7.65. The lowest BCUT2D eigenvalue weighted by atomic mass is 9.64. The highest BCUT2D eigenvalue weighted by molar-refractivity contribution is 6.49. The summed E-state index contributed by atoms with van der Waals surface area (Å²) in [5.41, 5.74) is -0.780. The number of hydrogen-bond donors (Lipinski definition) is 1. The highest BCUT2D eigenvalue weighted by Gasteiger charge is 2.77. The van der Waals surface area contributed by atoms with Gasteiger partial charge in [-0.3, -0.25) is 14.4 Å². The van der Waals surface area contributed by atoms with Crippen LogP contribution < -0.4 is 5.32 Å². The second kappa shape index (κ2) is 4.76. The van der Waals surface area contributed by atoms with Crippen molar-refractivity contribution in [2.24, 2.45) is 16.2 Å². The van der Waals surface area contributed by atoms with Crippen LogP contribution in [0.4, 0.5) is 5.69 Å². The molecule has 2 saturated carbocycles. The summed E-state index contributed by atoms with van der Waals surface area (Å²) in [5, 5.41) is 2.87. The number of fused-ring (bicyclic) bond motifs is 2. The third-order valence-electron chi connectivity index (χ3n) is 6.55. The topological polar surface area (TPSA) is 63.2 Å². The fraction of sp³-hybridized carbons (Fsp3) is 0.526. The Balaban J connectivity index is 1.95. The Bertz CT molecular complexity index is 704. The van der Waals surface area contributed by atoms with Crippen LogP contribution in [0.25, 0.3) is 0 Å². The molecule has 2 aliphatic carbocycles. The Labute approximate surface area is 136 Å². The van der Waals surface area contributed by atoms with Gasteiger partial charge < -0.3 is 5.32 Å². The summed E-state index contributed by atoms with van der Waals surface area (Å²) >= 11 is 0. The quantitative estimate of drug-likeness (QED) is 0.688. The maximum Gasteiger partial charge on any atom is 0.239 e. The van der Waals surface area contributed by atoms with Gasteiger partial charge in [-0.05, 0) is 42.4 Å². The van der Waals surface area contributed by atoms with Crippen LogP contribution >= 0.6 is 0 Å². The van der Waals surface area contributed by atoms with E-state index < -0.39 is 22.0 Å². The van der Waals surface area contributed by atoms with Crippen LogP contribution in [0.2, 0.25) is 0 Å². The smallest absolute Gasteiger partial charge is 0.239 e. The Morgan fingerprint density at radius 2 is 1.65 bits per heavy atom. The van der Waals surface area contributed by atoms with E-state index in [1.165, 1.54) is 5.56 Å². The predicted octanol–water partition coefficient (Wildman–Crippen LogP) is 3.15. The van der Waals surface area contributed by atoms with E-state index in [2.05, 4.69) is 12.2 Å². The summed E-state index contributed by atoms with van der Waals surface area (Å²) in [7, 11) is 0. The first-order valence-electron chi connectivity index (χ1n) is 8.20. The Hall–Kier alpha value is -1.97. The Morgan fingerprint density at radius 1 is 1.04 bits per heavy atom. The lowest BCUT2D eigenvalue weighted by Crippen LogP contribution is -2.47. The molecule has 2 fully saturated rings. The molecule has 3 rings (SSSR count). The van der Waals surface area contributed by atoms with Crippen molar-refractivity contribution in [3.05, 3.63) is 29.8 Å². The van der Waals surface area contributed by atoms with Crippen LogP contribution in [0.1, 0.15) is 46.1 Å². The largest absolute Gasteiger partial charge is 0.325 e. The lowest BCUT2D eigenvalue weighted by molar-refractivity contribution is -0.147. The minimum absolute atomic E-state index is 0.341. The summed E-state index contributed by atoms with van der Waals surface area (Å²) < 4.78 is 0. The molecular weight excluding hydrogens is 290 g/mol. The molecule has 2 bridgehead atoms. The monoisotopic (exact) mass is 313 g/mol. The summed E-state index contributed by atoms with van der Waals surface area (Å²) in [6, 6.07) is 7.60. The summed E-state index contributed by atoms with van der Waals surface area (Å²) in [4.78, 5) is 38.0. The minimum atomic E-state index is -1.23. The van der Waals surface area contributed by atoms with E-state index in [0.29, 0.717) is 18.5 Å². The van der Waals surface area contributed by atoms with E-state index >= 15 is 0 Å². The van der Waals surface area contributed by atoms with Crippen molar-refractivity contribution in [1.82, 2.24) is 0 Å². The average molecular weight is 313 g/mol. The molecule has 4 nitrogen and oxygen atoms in total. The average Bonchev–Trinajstić information content (AvgIpc) is 2.80. The third-order valence-corrected chi connectivity index (χ3v) is 6.55. The molecule has 1 N–H and O–H groups in total. The van der Waals surface area contributed by atoms with Crippen LogP contribution in [0.3, 0.4) is 0 Å². The number of nitrogens with one attached hydrogen (secondary N) is 1. The molecule has 2 atom stereocenters. The molecule has 1 aromatic rings. The van der Waals surface area contributed by atoms with Gasteiger partial charge in [-0.2, -0.15) is 0 Å². The van der Waals surface area contributed by atoms with Gasteiger partial charge in [0.15, 0.2) is 0 Å². The zero-order valence-electron chi connectivity index (χ0n) is 14.2. The van der Waals surface area contributed by atoms with Crippen molar-refractivity contribution in [3.8, 4) is 0 Å². The highest BCUT2D eigenvalue weighted by Crippen LogP contribution is 2.69. The van der Waals surface area contributed by atoms with E-state index in [9.17, 15) is 14.4 Å². The van der Waals surface area contributed by atoms with Crippen LogP contribution in [-0.4, -0.2) is 17.5 Å². The minimum Gasteiger partial charge on any atom is -0.325 e. The van der Waals surface area contributed by atoms with Crippen molar-refractivity contribution in [2.45, 2.75) is 47.0 Å². The Morgan fingerprint density at radius 3 is 2.13 bits per heavy atom. The normalized spacial score (nSPS) is 31.5. The van der Waals surface area contributed by atoms with Crippen molar-refractivity contribution >= 4 is 23.2 Å². The Kier molecular flexibility index (Phi) is 3.29. The number of ketones is 2. The molecule has 122 valence electrons. The van der Waals surface area contributed by atoms with Gasteiger partial charge in [0.1, 0.15) is 5.41 Å². The number of rotatable bonds is 3. The van der Waals surface area contributed by atoms with Crippen LogP contribution in [-0.2, 0) is 20.8 Å². The molecular formula is C19H23NO3. The highest BCUT2D eigenvalue weighted by atomic mass is 16.2. The van der Waals surface area contributed by atoms with Crippen molar-refractivity contribution < 1.29 is 14.4 Å². The SMILES string of the molecule is CCc1ccc(NC(=O)[C@@]23CC[C@@](C)(C(=O)C2=O)C3(C)C)cc1. The molecule has 23 heavy (non-hydrogen) atoms. The number of anilines is 1. The first-order valence-corrected chi connectivity index (χ1v) is 8.20. The fourth-order valence-corrected chi connectivity index (χ4v) is 4.33. The molecule has 2 aliphatic rings. The second-order valence-electron chi connectivity index (χ2n) is 7.53. The van der Waals surface area contributed by atoms with Crippen molar-refractivity contribution in [3.63, 3.8) is 0 Å². The van der Waals surface area contributed by atoms with Crippen LogP contribution in [0.15, 0.2) is 24.3 Å². The van der Waals surface area contributed by atoms with E-state index in [1.54, 1.807) is 0 Å². The predicted molar refractivity (Wildman–Crippen MR) is 88.0 cm³/mol. The number of Topliss-reactive ketones (excluding diaryl/α,β-unsaturated/α-hetero) is 2. The third kappa shape index (κ3) is 1.75. The van der Waals surface area contributed by atoms with Gasteiger partial charge in [0.25, 0.3) is 0 Å². The maximum absolute atomic E-state index is 13.0. The zero-order chi connectivity index (χ0) is 17.0. The van der Waals surface area contributed by atoms with Gasteiger partial charge in [0.05, 0.1) is 0 Å². The van der Waals surface area contributed by atoms with Crippen LogP contribution in [0, 0.1) is 16.2 Å². The number of carbonyl (C=O) groups is 3. The molecule has 0 unspecified atom stereocenters. The van der Waals surface area contributed by atoms with E-state index in [4.69, 9.17) is 0 Å². The van der Waals surface area contributed by atoms with Gasteiger partial charge in [0, 0.05) is 11.1 Å².